The number of nitrogens with zero attached hydrogens (tertiary/aromatic N) is 4. The van der Waals surface area contributed by atoms with E-state index in [-0.39, 0.29) is 30.3 Å². The number of aromatic nitrogens is 3. The average molecular weight is 628 g/mol. The van der Waals surface area contributed by atoms with Gasteiger partial charge >= 0.3 is 5.97 Å². The van der Waals surface area contributed by atoms with Gasteiger partial charge in [0.2, 0.25) is 21.8 Å². The molecule has 4 aromatic rings. The quantitative estimate of drug-likeness (QED) is 0.207. The fraction of sp³-hybridized carbons (Fsp3) is 0.414. The smallest absolute Gasteiger partial charge is 0.304 e. The molecule has 5 rings (SSSR count). The molecule has 43 heavy (non-hydrogen) atoms. The minimum atomic E-state index is -4.08. The van der Waals surface area contributed by atoms with Crippen LogP contribution in [0.25, 0.3) is 10.3 Å². The van der Waals surface area contributed by atoms with Gasteiger partial charge in [-0.05, 0) is 43.0 Å². The lowest BCUT2D eigenvalue weighted by atomic mass is 9.87. The molecule has 1 unspecified atom stereocenters. The maximum atomic E-state index is 13.7. The predicted octanol–water partition coefficient (Wildman–Crippen LogP) is 4.96. The topological polar surface area (TPSA) is 165 Å². The van der Waals surface area contributed by atoms with E-state index in [1.807, 2.05) is 0 Å². The number of sulfonamides is 1. The van der Waals surface area contributed by atoms with Crippen molar-refractivity contribution >= 4 is 48.7 Å². The van der Waals surface area contributed by atoms with Gasteiger partial charge in [0.15, 0.2) is 5.13 Å². The number of carboxylic acid groups (broad SMARTS) is 1. The number of rotatable bonds is 13. The van der Waals surface area contributed by atoms with Gasteiger partial charge in [0, 0.05) is 18.7 Å². The number of aryl methyl sites for hydroxylation is 1. The van der Waals surface area contributed by atoms with Crippen LogP contribution in [0, 0.1) is 12.8 Å². The number of methoxy groups -OCH3 is 1. The van der Waals surface area contributed by atoms with Crippen LogP contribution in [0.2, 0.25) is 0 Å². The van der Waals surface area contributed by atoms with E-state index in [2.05, 4.69) is 20.4 Å². The molecule has 0 aliphatic heterocycles. The van der Waals surface area contributed by atoms with Crippen molar-refractivity contribution in [1.29, 1.82) is 0 Å². The van der Waals surface area contributed by atoms with Gasteiger partial charge in [0.05, 0.1) is 36.6 Å². The molecule has 3 aromatic heterocycles. The first-order valence-corrected chi connectivity index (χ1v) is 16.2. The van der Waals surface area contributed by atoms with Crippen molar-refractivity contribution in [2.75, 3.05) is 19.0 Å². The van der Waals surface area contributed by atoms with Gasteiger partial charge in [-0.1, -0.05) is 54.3 Å². The first-order valence-electron chi connectivity index (χ1n) is 14.0. The van der Waals surface area contributed by atoms with Crippen molar-refractivity contribution in [3.05, 3.63) is 59.5 Å². The number of hydrogen-bond acceptors (Lipinski definition) is 10. The predicted molar refractivity (Wildman–Crippen MR) is 159 cm³/mol. The second-order valence-corrected chi connectivity index (χ2v) is 13.5. The molecule has 1 aromatic carbocycles. The van der Waals surface area contributed by atoms with E-state index in [9.17, 15) is 23.1 Å². The molecule has 3 heterocycles. The van der Waals surface area contributed by atoms with Gasteiger partial charge in [-0.15, -0.1) is 0 Å². The van der Waals surface area contributed by atoms with Gasteiger partial charge in [0.1, 0.15) is 16.1 Å². The lowest BCUT2D eigenvalue weighted by Gasteiger charge is -2.22. The van der Waals surface area contributed by atoms with Crippen LogP contribution in [0.15, 0.2) is 51.9 Å². The summed E-state index contributed by atoms with van der Waals surface area (Å²) in [4.78, 5) is 34.4. The molecule has 1 aliphatic carbocycles. The Hall–Kier alpha value is -3.88. The molecule has 12 nitrogen and oxygen atoms in total. The number of nitrogens with one attached hydrogen (secondary N) is 1. The summed E-state index contributed by atoms with van der Waals surface area (Å²) in [6.07, 6.45) is 4.59. The fourth-order valence-corrected chi connectivity index (χ4v) is 7.58. The summed E-state index contributed by atoms with van der Waals surface area (Å²) in [5, 5.41) is 16.4. The van der Waals surface area contributed by atoms with Gasteiger partial charge in [-0.2, -0.15) is 4.31 Å². The van der Waals surface area contributed by atoms with Crippen LogP contribution in [0.5, 0.6) is 5.88 Å². The van der Waals surface area contributed by atoms with Crippen molar-refractivity contribution in [2.24, 2.45) is 5.92 Å². The summed E-state index contributed by atoms with van der Waals surface area (Å²) in [5.74, 6) is -0.494. The molecular formula is C29H33N5O7S2. The highest BCUT2D eigenvalue weighted by Crippen LogP contribution is 2.36. The number of hydrogen-bond donors (Lipinski definition) is 2. The highest BCUT2D eigenvalue weighted by atomic mass is 32.2. The van der Waals surface area contributed by atoms with Crippen LogP contribution in [0.1, 0.15) is 61.5 Å². The molecule has 0 bridgehead atoms. The van der Waals surface area contributed by atoms with Crippen LogP contribution >= 0.6 is 11.3 Å². The minimum Gasteiger partial charge on any atom is -0.481 e. The molecule has 1 atom stereocenters. The SMILES string of the molecule is COc1ccc2nc(NC(=O)C(CC3CCCC3)c3ccc(S(=O)(=O)N(CCC(=O)O)Cc4cc(C)on4)cc3)sc2n1. The van der Waals surface area contributed by atoms with E-state index >= 15 is 0 Å². The molecule has 228 valence electrons. The number of amides is 1. The number of aliphatic carboxylic acids is 1. The van der Waals surface area contributed by atoms with E-state index < -0.39 is 21.9 Å². The zero-order valence-electron chi connectivity index (χ0n) is 23.9. The Balaban J connectivity index is 1.38. The first-order chi connectivity index (χ1) is 20.6. The Kier molecular flexibility index (Phi) is 9.37. The molecule has 0 radical (unpaired) electrons. The molecule has 0 spiro atoms. The maximum absolute atomic E-state index is 13.7. The van der Waals surface area contributed by atoms with E-state index in [0.717, 1.165) is 30.0 Å². The maximum Gasteiger partial charge on any atom is 0.304 e. The number of carboxylic acids is 1. The largest absolute Gasteiger partial charge is 0.481 e. The Morgan fingerprint density at radius 2 is 1.91 bits per heavy atom. The van der Waals surface area contributed by atoms with Gasteiger partial charge in [-0.25, -0.2) is 18.4 Å². The summed E-state index contributed by atoms with van der Waals surface area (Å²) >= 11 is 1.26. The summed E-state index contributed by atoms with van der Waals surface area (Å²) in [6.45, 7) is 1.32. The second kappa shape index (κ2) is 13.2. The molecule has 0 saturated heterocycles. The second-order valence-electron chi connectivity index (χ2n) is 10.6. The minimum absolute atomic E-state index is 0.00641. The summed E-state index contributed by atoms with van der Waals surface area (Å²) < 4.78 is 38.5. The zero-order chi connectivity index (χ0) is 30.6. The Morgan fingerprint density at radius 3 is 2.56 bits per heavy atom. The summed E-state index contributed by atoms with van der Waals surface area (Å²) in [6, 6.07) is 11.4. The molecule has 1 fully saturated rings. The molecule has 14 heteroatoms. The lowest BCUT2D eigenvalue weighted by molar-refractivity contribution is -0.137. The van der Waals surface area contributed by atoms with E-state index in [4.69, 9.17) is 9.26 Å². The van der Waals surface area contributed by atoms with Crippen molar-refractivity contribution in [3.63, 3.8) is 0 Å². The number of ether oxygens (including phenoxy) is 1. The summed E-state index contributed by atoms with van der Waals surface area (Å²) in [7, 11) is -2.54. The van der Waals surface area contributed by atoms with E-state index in [1.54, 1.807) is 37.3 Å². The number of fused-ring (bicyclic) bond motifs is 1. The van der Waals surface area contributed by atoms with Gasteiger partial charge in [0.25, 0.3) is 0 Å². The molecule has 1 amide bonds. The first kappa shape index (κ1) is 30.6. The molecule has 2 N–H and O–H groups in total. The van der Waals surface area contributed by atoms with Crippen molar-refractivity contribution in [1.82, 2.24) is 19.4 Å². The number of carbonyl (C=O) groups excluding carboxylic acids is 1. The average Bonchev–Trinajstić information content (AvgIpc) is 3.74. The Morgan fingerprint density at radius 1 is 1.16 bits per heavy atom. The number of pyridine rings is 1. The third-order valence-electron chi connectivity index (χ3n) is 7.54. The summed E-state index contributed by atoms with van der Waals surface area (Å²) in [5.41, 5.74) is 1.71. The van der Waals surface area contributed by atoms with Crippen molar-refractivity contribution in [2.45, 2.75) is 62.8 Å². The molecule has 1 aliphatic rings. The third-order valence-corrected chi connectivity index (χ3v) is 10.3. The Labute approximate surface area is 253 Å². The van der Waals surface area contributed by atoms with E-state index in [1.165, 1.54) is 30.6 Å². The van der Waals surface area contributed by atoms with Crippen LogP contribution in [-0.2, 0) is 26.2 Å². The third kappa shape index (κ3) is 7.37. The van der Waals surface area contributed by atoms with Crippen molar-refractivity contribution in [3.8, 4) is 5.88 Å². The van der Waals surface area contributed by atoms with Gasteiger partial charge < -0.3 is 19.7 Å². The normalized spacial score (nSPS) is 14.8. The monoisotopic (exact) mass is 627 g/mol. The number of thiazole rings is 1. The standard InChI is InChI=1S/C29H33N5O7S2/c1-18-15-21(33-41-18)17-34(14-13-26(35)36)43(38,39)22-9-7-20(8-10-22)23(16-19-5-3-4-6-19)27(37)32-29-30-24-11-12-25(40-2)31-28(24)42-29/h7-12,15,19,23H,3-6,13-14,16-17H2,1-2H3,(H,35,36)(H,30,32,37). The van der Waals surface area contributed by atoms with Crippen LogP contribution < -0.4 is 10.1 Å². The fourth-order valence-electron chi connectivity index (χ4n) is 5.33. The highest BCUT2D eigenvalue weighted by Gasteiger charge is 2.30. The van der Waals surface area contributed by atoms with Crippen molar-refractivity contribution < 1.29 is 32.4 Å². The highest BCUT2D eigenvalue weighted by molar-refractivity contribution is 7.89. The lowest BCUT2D eigenvalue weighted by Crippen LogP contribution is -2.33. The molecular weight excluding hydrogens is 594 g/mol. The van der Waals surface area contributed by atoms with E-state index in [0.29, 0.717) is 50.7 Å². The van der Waals surface area contributed by atoms with Crippen LogP contribution in [-0.4, -0.2) is 58.5 Å². The number of benzene rings is 1. The number of anilines is 1. The Bertz CT molecular complexity index is 1700. The zero-order valence-corrected chi connectivity index (χ0v) is 25.5. The molecule has 1 saturated carbocycles. The van der Waals surface area contributed by atoms with Crippen LogP contribution in [0.4, 0.5) is 5.13 Å². The number of carbonyl (C=O) groups is 2. The van der Waals surface area contributed by atoms with Crippen LogP contribution in [0.3, 0.4) is 0 Å². The van der Waals surface area contributed by atoms with Gasteiger partial charge in [-0.3, -0.25) is 9.59 Å².